The lowest BCUT2D eigenvalue weighted by Crippen LogP contribution is -2.51. The van der Waals surface area contributed by atoms with Crippen LogP contribution in [0.25, 0.3) is 0 Å². The van der Waals surface area contributed by atoms with Gasteiger partial charge < -0.3 is 10.2 Å². The lowest BCUT2D eigenvalue weighted by molar-refractivity contribution is -0.133. The normalized spacial score (nSPS) is 22.8. The molecule has 0 radical (unpaired) electrons. The first kappa shape index (κ1) is 15.7. The molecule has 1 saturated heterocycles. The van der Waals surface area contributed by atoms with Crippen LogP contribution in [0.1, 0.15) is 34.1 Å². The van der Waals surface area contributed by atoms with Crippen molar-refractivity contribution in [2.24, 2.45) is 11.8 Å². The standard InChI is InChI=1S/C12H24N2O.ClH/c1-9(2)10(3)7-12(15)14-6-5-13-11(4)8-14;/h9-11,13H,5-8H2,1-4H3;1H. The van der Waals surface area contributed by atoms with E-state index in [0.29, 0.717) is 30.2 Å². The molecule has 0 spiro atoms. The first-order chi connectivity index (χ1) is 7.00. The van der Waals surface area contributed by atoms with E-state index < -0.39 is 0 Å². The summed E-state index contributed by atoms with van der Waals surface area (Å²) >= 11 is 0. The second kappa shape index (κ2) is 7.13. The van der Waals surface area contributed by atoms with Gasteiger partial charge in [0.05, 0.1) is 0 Å². The van der Waals surface area contributed by atoms with E-state index in [9.17, 15) is 4.79 Å². The number of carbonyl (C=O) groups excluding carboxylic acids is 1. The van der Waals surface area contributed by atoms with Crippen LogP contribution in [0.5, 0.6) is 0 Å². The molecule has 1 amide bonds. The third-order valence-electron chi connectivity index (χ3n) is 3.36. The van der Waals surface area contributed by atoms with Crippen LogP contribution in [0.3, 0.4) is 0 Å². The summed E-state index contributed by atoms with van der Waals surface area (Å²) in [6.45, 7) is 11.3. The van der Waals surface area contributed by atoms with Crippen LogP contribution in [0, 0.1) is 11.8 Å². The molecular formula is C12H25ClN2O. The molecule has 2 atom stereocenters. The molecule has 1 aliphatic heterocycles. The molecule has 1 heterocycles. The zero-order valence-electron chi connectivity index (χ0n) is 10.8. The molecule has 0 aromatic rings. The van der Waals surface area contributed by atoms with Gasteiger partial charge in [-0.05, 0) is 18.8 Å². The van der Waals surface area contributed by atoms with Crippen molar-refractivity contribution in [2.75, 3.05) is 19.6 Å². The fourth-order valence-electron chi connectivity index (χ4n) is 1.80. The molecule has 1 aliphatic rings. The quantitative estimate of drug-likeness (QED) is 0.828. The minimum absolute atomic E-state index is 0. The van der Waals surface area contributed by atoms with Crippen LogP contribution in [0.4, 0.5) is 0 Å². The maximum absolute atomic E-state index is 12.0. The minimum atomic E-state index is 0. The van der Waals surface area contributed by atoms with Gasteiger partial charge >= 0.3 is 0 Å². The third kappa shape index (κ3) is 4.71. The van der Waals surface area contributed by atoms with Crippen LogP contribution in [-0.2, 0) is 4.79 Å². The fraction of sp³-hybridized carbons (Fsp3) is 0.917. The fourth-order valence-corrected chi connectivity index (χ4v) is 1.80. The predicted octanol–water partition coefficient (Wildman–Crippen LogP) is 1.91. The van der Waals surface area contributed by atoms with E-state index in [1.54, 1.807) is 0 Å². The van der Waals surface area contributed by atoms with Gasteiger partial charge in [0.1, 0.15) is 0 Å². The number of carbonyl (C=O) groups is 1. The van der Waals surface area contributed by atoms with E-state index in [4.69, 9.17) is 0 Å². The summed E-state index contributed by atoms with van der Waals surface area (Å²) in [5.74, 6) is 1.40. The Labute approximate surface area is 105 Å². The van der Waals surface area contributed by atoms with Crippen molar-refractivity contribution in [3.63, 3.8) is 0 Å². The van der Waals surface area contributed by atoms with Crippen molar-refractivity contribution in [3.8, 4) is 0 Å². The topological polar surface area (TPSA) is 32.3 Å². The van der Waals surface area contributed by atoms with Gasteiger partial charge in [-0.3, -0.25) is 4.79 Å². The molecule has 1 fully saturated rings. The van der Waals surface area contributed by atoms with E-state index in [1.165, 1.54) is 0 Å². The summed E-state index contributed by atoms with van der Waals surface area (Å²) in [5.41, 5.74) is 0. The van der Waals surface area contributed by atoms with Crippen LogP contribution in [-0.4, -0.2) is 36.5 Å². The Kier molecular flexibility index (Phi) is 7.00. The van der Waals surface area contributed by atoms with E-state index in [-0.39, 0.29) is 12.4 Å². The Morgan fingerprint density at radius 3 is 2.56 bits per heavy atom. The molecule has 0 saturated carbocycles. The maximum atomic E-state index is 12.0. The highest BCUT2D eigenvalue weighted by atomic mass is 35.5. The predicted molar refractivity (Wildman–Crippen MR) is 69.9 cm³/mol. The minimum Gasteiger partial charge on any atom is -0.340 e. The number of nitrogens with one attached hydrogen (secondary N) is 1. The van der Waals surface area contributed by atoms with Crippen LogP contribution < -0.4 is 5.32 Å². The Hall–Kier alpha value is -0.280. The Balaban J connectivity index is 0.00000225. The Morgan fingerprint density at radius 2 is 2.06 bits per heavy atom. The number of amides is 1. The van der Waals surface area contributed by atoms with Crippen LogP contribution in [0.15, 0.2) is 0 Å². The number of hydrogen-bond donors (Lipinski definition) is 1. The van der Waals surface area contributed by atoms with Crippen LogP contribution in [0.2, 0.25) is 0 Å². The van der Waals surface area contributed by atoms with Crippen molar-refractivity contribution in [1.29, 1.82) is 0 Å². The van der Waals surface area contributed by atoms with Crippen molar-refractivity contribution >= 4 is 18.3 Å². The molecule has 3 nitrogen and oxygen atoms in total. The highest BCUT2D eigenvalue weighted by Gasteiger charge is 2.22. The number of hydrogen-bond acceptors (Lipinski definition) is 2. The van der Waals surface area contributed by atoms with Gasteiger partial charge in [0.2, 0.25) is 5.91 Å². The van der Waals surface area contributed by atoms with E-state index in [2.05, 4.69) is 33.0 Å². The second-order valence-electron chi connectivity index (χ2n) is 5.12. The lowest BCUT2D eigenvalue weighted by atomic mass is 9.94. The molecule has 2 unspecified atom stereocenters. The number of halogens is 1. The van der Waals surface area contributed by atoms with Gasteiger partial charge in [0, 0.05) is 32.1 Å². The molecule has 0 bridgehead atoms. The summed E-state index contributed by atoms with van der Waals surface area (Å²) in [6, 6.07) is 0.442. The van der Waals surface area contributed by atoms with Gasteiger partial charge in [-0.1, -0.05) is 20.8 Å². The summed E-state index contributed by atoms with van der Waals surface area (Å²) in [6.07, 6.45) is 0.699. The lowest BCUT2D eigenvalue weighted by Gasteiger charge is -2.33. The maximum Gasteiger partial charge on any atom is 0.222 e. The zero-order valence-corrected chi connectivity index (χ0v) is 11.6. The van der Waals surface area contributed by atoms with Crippen LogP contribution >= 0.6 is 12.4 Å². The molecule has 4 heteroatoms. The first-order valence-electron chi connectivity index (χ1n) is 6.02. The van der Waals surface area contributed by atoms with Crippen molar-refractivity contribution in [1.82, 2.24) is 10.2 Å². The van der Waals surface area contributed by atoms with Crippen molar-refractivity contribution in [3.05, 3.63) is 0 Å². The van der Waals surface area contributed by atoms with Gasteiger partial charge in [-0.25, -0.2) is 0 Å². The third-order valence-corrected chi connectivity index (χ3v) is 3.36. The Morgan fingerprint density at radius 1 is 1.44 bits per heavy atom. The molecule has 0 aromatic heterocycles. The van der Waals surface area contributed by atoms with Gasteiger partial charge in [-0.2, -0.15) is 0 Å². The Bertz CT molecular complexity index is 221. The molecule has 1 N–H and O–H groups in total. The van der Waals surface area contributed by atoms with Gasteiger partial charge in [0.25, 0.3) is 0 Å². The molecule has 0 aromatic carbocycles. The number of nitrogens with zero attached hydrogens (tertiary/aromatic N) is 1. The molecule has 96 valence electrons. The highest BCUT2D eigenvalue weighted by Crippen LogP contribution is 2.15. The number of piperazine rings is 1. The smallest absolute Gasteiger partial charge is 0.222 e. The molecular weight excluding hydrogens is 224 g/mol. The van der Waals surface area contributed by atoms with E-state index in [0.717, 1.165) is 19.6 Å². The highest BCUT2D eigenvalue weighted by molar-refractivity contribution is 5.85. The van der Waals surface area contributed by atoms with E-state index in [1.807, 2.05) is 4.90 Å². The van der Waals surface area contributed by atoms with Gasteiger partial charge in [-0.15, -0.1) is 12.4 Å². The molecule has 0 aliphatic carbocycles. The van der Waals surface area contributed by atoms with E-state index >= 15 is 0 Å². The average Bonchev–Trinajstić information content (AvgIpc) is 2.17. The SMILES string of the molecule is CC1CN(C(=O)CC(C)C(C)C)CCN1.Cl. The first-order valence-corrected chi connectivity index (χ1v) is 6.02. The molecule has 16 heavy (non-hydrogen) atoms. The monoisotopic (exact) mass is 248 g/mol. The second-order valence-corrected chi connectivity index (χ2v) is 5.12. The largest absolute Gasteiger partial charge is 0.340 e. The summed E-state index contributed by atoms with van der Waals surface area (Å²) < 4.78 is 0. The van der Waals surface area contributed by atoms with Crippen molar-refractivity contribution < 1.29 is 4.79 Å². The average molecular weight is 249 g/mol. The van der Waals surface area contributed by atoms with Gasteiger partial charge in [0.15, 0.2) is 0 Å². The zero-order chi connectivity index (χ0) is 11.4. The molecule has 1 rings (SSSR count). The summed E-state index contributed by atoms with van der Waals surface area (Å²) in [4.78, 5) is 14.0. The van der Waals surface area contributed by atoms with Crippen molar-refractivity contribution in [2.45, 2.75) is 40.2 Å². The summed E-state index contributed by atoms with van der Waals surface area (Å²) in [5, 5.41) is 3.35. The number of rotatable bonds is 3. The summed E-state index contributed by atoms with van der Waals surface area (Å²) in [7, 11) is 0.